The summed E-state index contributed by atoms with van der Waals surface area (Å²) in [7, 11) is 1.42. The van der Waals surface area contributed by atoms with E-state index in [1.54, 1.807) is 0 Å². The third kappa shape index (κ3) is 4.82. The van der Waals surface area contributed by atoms with Gasteiger partial charge < -0.3 is 15.2 Å². The molecule has 0 aliphatic heterocycles. The third-order valence-corrected chi connectivity index (χ3v) is 2.60. The second kappa shape index (κ2) is 7.25. The van der Waals surface area contributed by atoms with E-state index >= 15 is 0 Å². The summed E-state index contributed by atoms with van der Waals surface area (Å²) < 4.78 is 42.9. The fourth-order valence-electron chi connectivity index (χ4n) is 1.65. The number of halogens is 3. The molecular weight excluding hydrogens is 275 g/mol. The maximum absolute atomic E-state index is 12.7. The van der Waals surface area contributed by atoms with Crippen LogP contribution >= 0.6 is 0 Å². The Morgan fingerprint density at radius 3 is 2.65 bits per heavy atom. The van der Waals surface area contributed by atoms with Crippen LogP contribution in [0.1, 0.15) is 22.3 Å². The fraction of sp³-hybridized carbons (Fsp3) is 0.462. The summed E-state index contributed by atoms with van der Waals surface area (Å²) in [5, 5.41) is 11.7. The van der Waals surface area contributed by atoms with E-state index in [9.17, 15) is 23.1 Å². The maximum atomic E-state index is 12.7. The van der Waals surface area contributed by atoms with E-state index in [4.69, 9.17) is 4.74 Å². The lowest BCUT2D eigenvalue weighted by molar-refractivity contribution is -0.137. The molecule has 0 saturated carbocycles. The molecule has 4 nitrogen and oxygen atoms in total. The fourth-order valence-corrected chi connectivity index (χ4v) is 1.65. The predicted molar refractivity (Wildman–Crippen MR) is 66.3 cm³/mol. The SMILES string of the molecule is COCC(O)CCNC(=O)c1ccccc1C(F)(F)F. The Morgan fingerprint density at radius 1 is 1.40 bits per heavy atom. The second-order valence-electron chi connectivity index (χ2n) is 4.20. The van der Waals surface area contributed by atoms with E-state index in [1.165, 1.54) is 19.2 Å². The number of nitrogens with one attached hydrogen (secondary N) is 1. The second-order valence-corrected chi connectivity index (χ2v) is 4.20. The molecule has 0 fully saturated rings. The van der Waals surface area contributed by atoms with Crippen molar-refractivity contribution < 1.29 is 27.8 Å². The summed E-state index contributed by atoms with van der Waals surface area (Å²) in [5.74, 6) is -0.817. The van der Waals surface area contributed by atoms with Crippen LogP contribution in [0.3, 0.4) is 0 Å². The number of carbonyl (C=O) groups excluding carboxylic acids is 1. The molecule has 2 N–H and O–H groups in total. The number of benzene rings is 1. The van der Waals surface area contributed by atoms with Crippen LogP contribution in [0.4, 0.5) is 13.2 Å². The Balaban J connectivity index is 2.65. The van der Waals surface area contributed by atoms with Crippen LogP contribution in [-0.4, -0.2) is 37.4 Å². The van der Waals surface area contributed by atoms with Gasteiger partial charge >= 0.3 is 6.18 Å². The molecule has 1 atom stereocenters. The summed E-state index contributed by atoms with van der Waals surface area (Å²) >= 11 is 0. The molecule has 1 amide bonds. The number of hydrogen-bond donors (Lipinski definition) is 2. The molecule has 20 heavy (non-hydrogen) atoms. The summed E-state index contributed by atoms with van der Waals surface area (Å²) in [5.41, 5.74) is -1.41. The quantitative estimate of drug-likeness (QED) is 0.840. The molecule has 1 aromatic rings. The monoisotopic (exact) mass is 291 g/mol. The first-order chi connectivity index (χ1) is 9.36. The summed E-state index contributed by atoms with van der Waals surface area (Å²) in [6.45, 7) is 0.171. The van der Waals surface area contributed by atoms with Crippen molar-refractivity contribution in [2.75, 3.05) is 20.3 Å². The van der Waals surface area contributed by atoms with Gasteiger partial charge in [0.2, 0.25) is 0 Å². The lowest BCUT2D eigenvalue weighted by Crippen LogP contribution is -2.30. The zero-order valence-corrected chi connectivity index (χ0v) is 10.9. The number of methoxy groups -OCH3 is 1. The number of hydrogen-bond acceptors (Lipinski definition) is 3. The van der Waals surface area contributed by atoms with Crippen molar-refractivity contribution in [3.05, 3.63) is 35.4 Å². The van der Waals surface area contributed by atoms with Crippen LogP contribution < -0.4 is 5.32 Å². The lowest BCUT2D eigenvalue weighted by atomic mass is 10.1. The van der Waals surface area contributed by atoms with Crippen molar-refractivity contribution in [3.63, 3.8) is 0 Å². The van der Waals surface area contributed by atoms with Crippen LogP contribution in [0.5, 0.6) is 0 Å². The van der Waals surface area contributed by atoms with Gasteiger partial charge in [0.25, 0.3) is 5.91 Å². The molecule has 0 spiro atoms. The number of aliphatic hydroxyl groups is 1. The Hall–Kier alpha value is -1.60. The minimum absolute atomic E-state index is 0.0650. The molecule has 7 heteroatoms. The van der Waals surface area contributed by atoms with Gasteiger partial charge in [-0.25, -0.2) is 0 Å². The molecule has 0 aliphatic rings. The van der Waals surface area contributed by atoms with Crippen LogP contribution in [0, 0.1) is 0 Å². The minimum Gasteiger partial charge on any atom is -0.391 e. The van der Waals surface area contributed by atoms with Crippen molar-refractivity contribution in [1.82, 2.24) is 5.32 Å². The van der Waals surface area contributed by atoms with Gasteiger partial charge in [-0.2, -0.15) is 13.2 Å². The van der Waals surface area contributed by atoms with E-state index < -0.39 is 29.3 Å². The first kappa shape index (κ1) is 16.5. The zero-order valence-electron chi connectivity index (χ0n) is 10.9. The van der Waals surface area contributed by atoms with E-state index in [2.05, 4.69) is 5.32 Å². The first-order valence-electron chi connectivity index (χ1n) is 5.97. The average molecular weight is 291 g/mol. The van der Waals surface area contributed by atoms with Crippen molar-refractivity contribution in [2.24, 2.45) is 0 Å². The molecule has 0 bridgehead atoms. The van der Waals surface area contributed by atoms with Gasteiger partial charge in [-0.1, -0.05) is 12.1 Å². The number of ether oxygens (including phenoxy) is 1. The van der Waals surface area contributed by atoms with Gasteiger partial charge in [0, 0.05) is 13.7 Å². The highest BCUT2D eigenvalue weighted by molar-refractivity contribution is 5.95. The molecular formula is C13H16F3NO3. The minimum atomic E-state index is -4.58. The topological polar surface area (TPSA) is 58.6 Å². The zero-order chi connectivity index (χ0) is 15.2. The van der Waals surface area contributed by atoms with Gasteiger partial charge in [-0.05, 0) is 18.6 Å². The normalized spacial score (nSPS) is 13.1. The van der Waals surface area contributed by atoms with Gasteiger partial charge in [0.1, 0.15) is 0 Å². The lowest BCUT2D eigenvalue weighted by Gasteiger charge is -2.13. The number of carbonyl (C=O) groups is 1. The van der Waals surface area contributed by atoms with Gasteiger partial charge in [-0.3, -0.25) is 4.79 Å². The Morgan fingerprint density at radius 2 is 2.05 bits per heavy atom. The van der Waals surface area contributed by atoms with Crippen LogP contribution in [0.2, 0.25) is 0 Å². The summed E-state index contributed by atoms with van der Waals surface area (Å²) in [6.07, 6.45) is -5.14. The molecule has 1 unspecified atom stereocenters. The molecule has 1 aromatic carbocycles. The number of aliphatic hydroxyl groups excluding tert-OH is 1. The highest BCUT2D eigenvalue weighted by Gasteiger charge is 2.34. The maximum Gasteiger partial charge on any atom is 0.417 e. The smallest absolute Gasteiger partial charge is 0.391 e. The molecule has 0 heterocycles. The highest BCUT2D eigenvalue weighted by atomic mass is 19.4. The van der Waals surface area contributed by atoms with E-state index in [0.29, 0.717) is 0 Å². The molecule has 0 aromatic heterocycles. The average Bonchev–Trinajstić information content (AvgIpc) is 2.38. The van der Waals surface area contributed by atoms with Crippen LogP contribution in [0.15, 0.2) is 24.3 Å². The number of alkyl halides is 3. The number of rotatable bonds is 6. The van der Waals surface area contributed by atoms with Crippen molar-refractivity contribution >= 4 is 5.91 Å². The summed E-state index contributed by atoms with van der Waals surface area (Å²) in [6, 6.07) is 4.56. The molecule has 0 saturated heterocycles. The molecule has 1 rings (SSSR count). The van der Waals surface area contributed by atoms with Crippen LogP contribution in [0.25, 0.3) is 0 Å². The number of amides is 1. The van der Waals surface area contributed by atoms with E-state index in [0.717, 1.165) is 12.1 Å². The van der Waals surface area contributed by atoms with Crippen molar-refractivity contribution in [1.29, 1.82) is 0 Å². The molecule has 112 valence electrons. The third-order valence-electron chi connectivity index (χ3n) is 2.60. The molecule has 0 radical (unpaired) electrons. The van der Waals surface area contributed by atoms with Crippen molar-refractivity contribution in [3.8, 4) is 0 Å². The van der Waals surface area contributed by atoms with Crippen molar-refractivity contribution in [2.45, 2.75) is 18.7 Å². The Bertz CT molecular complexity index is 449. The largest absolute Gasteiger partial charge is 0.417 e. The highest BCUT2D eigenvalue weighted by Crippen LogP contribution is 2.31. The standard InChI is InChI=1S/C13H16F3NO3/c1-20-8-9(18)6-7-17-12(19)10-4-2-3-5-11(10)13(14,15)16/h2-5,9,18H,6-8H2,1H3,(H,17,19). The van der Waals surface area contributed by atoms with Gasteiger partial charge in [-0.15, -0.1) is 0 Å². The Labute approximate surface area is 114 Å². The van der Waals surface area contributed by atoms with Crippen LogP contribution in [-0.2, 0) is 10.9 Å². The van der Waals surface area contributed by atoms with Gasteiger partial charge in [0.05, 0.1) is 23.8 Å². The summed E-state index contributed by atoms with van der Waals surface area (Å²) in [4.78, 5) is 11.7. The van der Waals surface area contributed by atoms with Gasteiger partial charge in [0.15, 0.2) is 0 Å². The van der Waals surface area contributed by atoms with E-state index in [1.807, 2.05) is 0 Å². The predicted octanol–water partition coefficient (Wildman–Crippen LogP) is 1.83. The first-order valence-corrected chi connectivity index (χ1v) is 5.97. The Kier molecular flexibility index (Phi) is 5.97. The molecule has 0 aliphatic carbocycles. The van der Waals surface area contributed by atoms with E-state index in [-0.39, 0.29) is 19.6 Å².